The third-order valence-electron chi connectivity index (χ3n) is 2.38. The van der Waals surface area contributed by atoms with Gasteiger partial charge in [0, 0.05) is 6.54 Å². The number of rotatable bonds is 5. The molecule has 114 valence electrons. The summed E-state index contributed by atoms with van der Waals surface area (Å²) in [5.74, 6) is 0. The molecule has 0 atom stereocenters. The van der Waals surface area contributed by atoms with E-state index in [1.807, 2.05) is 34.6 Å². The first-order chi connectivity index (χ1) is 8.92. The number of likely N-dealkylation sites (N-methyl/N-ethyl adjacent to an activating group) is 1. The van der Waals surface area contributed by atoms with Gasteiger partial charge < -0.3 is 19.7 Å². The topological polar surface area (TPSA) is 50.8 Å². The Kier molecular flexibility index (Phi) is 8.76. The van der Waals surface area contributed by atoms with E-state index < -0.39 is 5.60 Å². The lowest BCUT2D eigenvalue weighted by Gasteiger charge is -2.39. The largest absolute Gasteiger partial charge is 0.444 e. The molecule has 0 saturated carbocycles. The summed E-state index contributed by atoms with van der Waals surface area (Å²) in [6, 6.07) is 0. The van der Waals surface area contributed by atoms with Crippen LogP contribution in [0.2, 0.25) is 0 Å². The predicted octanol–water partition coefficient (Wildman–Crippen LogP) is 2.26. The van der Waals surface area contributed by atoms with E-state index in [1.165, 1.54) is 0 Å². The van der Waals surface area contributed by atoms with E-state index in [1.54, 1.807) is 4.90 Å². The van der Waals surface area contributed by atoms with Gasteiger partial charge in [0.1, 0.15) is 5.60 Å². The van der Waals surface area contributed by atoms with Crippen molar-refractivity contribution in [2.45, 2.75) is 53.2 Å². The monoisotopic (exact) mass is 274 g/mol. The molecule has 0 aromatic rings. The van der Waals surface area contributed by atoms with Crippen molar-refractivity contribution >= 4 is 6.09 Å². The third kappa shape index (κ3) is 8.06. The molecule has 19 heavy (non-hydrogen) atoms. The van der Waals surface area contributed by atoms with E-state index in [0.29, 0.717) is 19.7 Å². The number of ether oxygens (including phenoxy) is 2. The van der Waals surface area contributed by atoms with Gasteiger partial charge in [-0.15, -0.1) is 0 Å². The Morgan fingerprint density at radius 3 is 2.37 bits per heavy atom. The summed E-state index contributed by atoms with van der Waals surface area (Å²) < 4.78 is 10.8. The van der Waals surface area contributed by atoms with Crippen molar-refractivity contribution in [3.8, 4) is 0 Å². The molecule has 1 saturated heterocycles. The second-order valence-electron chi connectivity index (χ2n) is 5.23. The average Bonchev–Trinajstić information content (AvgIpc) is 2.26. The molecule has 1 aliphatic heterocycles. The fraction of sp³-hybridized carbons (Fsp3) is 0.929. The summed E-state index contributed by atoms with van der Waals surface area (Å²) in [5, 5.41) is 3.19. The van der Waals surface area contributed by atoms with E-state index in [2.05, 4.69) is 12.2 Å². The Hall–Kier alpha value is -0.810. The Balaban J connectivity index is 0.00000154. The van der Waals surface area contributed by atoms with E-state index in [0.717, 1.165) is 13.1 Å². The molecule has 5 nitrogen and oxygen atoms in total. The minimum Gasteiger partial charge on any atom is -0.444 e. The van der Waals surface area contributed by atoms with Gasteiger partial charge in [-0.3, -0.25) is 0 Å². The number of hydrogen-bond acceptors (Lipinski definition) is 4. The minimum atomic E-state index is -0.423. The lowest BCUT2D eigenvalue weighted by Crippen LogP contribution is -2.56. The quantitative estimate of drug-likeness (QED) is 0.781. The molecule has 1 heterocycles. The maximum absolute atomic E-state index is 11.6. The Bertz CT molecular complexity index is 246. The number of carbonyl (C=O) groups excluding carboxylic acids is 1. The summed E-state index contributed by atoms with van der Waals surface area (Å²) >= 11 is 0. The van der Waals surface area contributed by atoms with Gasteiger partial charge in [0.25, 0.3) is 0 Å². The van der Waals surface area contributed by atoms with Crippen molar-refractivity contribution < 1.29 is 14.3 Å². The molecule has 1 amide bonds. The van der Waals surface area contributed by atoms with E-state index in [-0.39, 0.29) is 12.2 Å². The fourth-order valence-corrected chi connectivity index (χ4v) is 1.49. The van der Waals surface area contributed by atoms with E-state index in [4.69, 9.17) is 9.47 Å². The van der Waals surface area contributed by atoms with E-state index >= 15 is 0 Å². The van der Waals surface area contributed by atoms with Crippen LogP contribution in [0.4, 0.5) is 4.79 Å². The predicted molar refractivity (Wildman–Crippen MR) is 77.4 cm³/mol. The lowest BCUT2D eigenvalue weighted by molar-refractivity contribution is -0.0619. The van der Waals surface area contributed by atoms with Crippen LogP contribution < -0.4 is 5.32 Å². The van der Waals surface area contributed by atoms with Crippen molar-refractivity contribution in [2.75, 3.05) is 32.8 Å². The van der Waals surface area contributed by atoms with Crippen molar-refractivity contribution in [1.82, 2.24) is 10.2 Å². The molecule has 0 bridgehead atoms. The maximum Gasteiger partial charge on any atom is 0.410 e. The van der Waals surface area contributed by atoms with Gasteiger partial charge in [-0.25, -0.2) is 4.79 Å². The molecule has 0 aliphatic carbocycles. The summed E-state index contributed by atoms with van der Waals surface area (Å²) in [7, 11) is 0. The molecule has 0 spiro atoms. The summed E-state index contributed by atoms with van der Waals surface area (Å²) in [4.78, 5) is 13.3. The van der Waals surface area contributed by atoms with Gasteiger partial charge >= 0.3 is 6.09 Å². The standard InChI is InChI=1S/C12H24N2O3.C2H6/c1-5-13-6-7-16-10-8-14(9-10)11(15)17-12(2,3)4;1-2/h10,13H,5-9H2,1-4H3;1-2H3. The van der Waals surface area contributed by atoms with Crippen LogP contribution in [-0.4, -0.2) is 55.5 Å². The van der Waals surface area contributed by atoms with Crippen molar-refractivity contribution in [2.24, 2.45) is 0 Å². The number of hydrogen-bond donors (Lipinski definition) is 1. The fourth-order valence-electron chi connectivity index (χ4n) is 1.49. The van der Waals surface area contributed by atoms with Gasteiger partial charge in [0.05, 0.1) is 25.8 Å². The molecule has 1 aliphatic rings. The molecule has 0 aromatic carbocycles. The van der Waals surface area contributed by atoms with Crippen LogP contribution in [0.3, 0.4) is 0 Å². The molecule has 1 rings (SSSR count). The number of likely N-dealkylation sites (tertiary alicyclic amines) is 1. The van der Waals surface area contributed by atoms with Crippen LogP contribution in [0.15, 0.2) is 0 Å². The van der Waals surface area contributed by atoms with Crippen molar-refractivity contribution in [1.29, 1.82) is 0 Å². The van der Waals surface area contributed by atoms with Crippen molar-refractivity contribution in [3.05, 3.63) is 0 Å². The van der Waals surface area contributed by atoms with Gasteiger partial charge in [0.2, 0.25) is 0 Å². The number of nitrogens with zero attached hydrogens (tertiary/aromatic N) is 1. The molecule has 0 radical (unpaired) electrons. The zero-order chi connectivity index (χ0) is 14.9. The number of nitrogens with one attached hydrogen (secondary N) is 1. The molecule has 0 unspecified atom stereocenters. The van der Waals surface area contributed by atoms with Crippen LogP contribution in [0.5, 0.6) is 0 Å². The summed E-state index contributed by atoms with van der Waals surface area (Å²) in [5.41, 5.74) is -0.423. The van der Waals surface area contributed by atoms with E-state index in [9.17, 15) is 4.79 Å². The second kappa shape index (κ2) is 9.15. The Labute approximate surface area is 117 Å². The lowest BCUT2D eigenvalue weighted by atomic mass is 10.2. The Morgan fingerprint density at radius 2 is 1.89 bits per heavy atom. The van der Waals surface area contributed by atoms with Crippen LogP contribution in [-0.2, 0) is 9.47 Å². The number of amides is 1. The first-order valence-electron chi connectivity index (χ1n) is 7.22. The zero-order valence-electron chi connectivity index (χ0n) is 13.3. The summed E-state index contributed by atoms with van der Waals surface area (Å²) in [6.45, 7) is 15.5. The molecular formula is C14H30N2O3. The highest BCUT2D eigenvalue weighted by Gasteiger charge is 2.34. The molecule has 5 heteroatoms. The maximum atomic E-state index is 11.6. The van der Waals surface area contributed by atoms with Crippen LogP contribution in [0, 0.1) is 0 Å². The molecule has 0 aromatic heterocycles. The van der Waals surface area contributed by atoms with Gasteiger partial charge in [-0.2, -0.15) is 0 Å². The first-order valence-corrected chi connectivity index (χ1v) is 7.22. The van der Waals surface area contributed by atoms with Crippen LogP contribution >= 0.6 is 0 Å². The highest BCUT2D eigenvalue weighted by molar-refractivity contribution is 5.69. The normalized spacial score (nSPS) is 15.4. The molecule has 1 N–H and O–H groups in total. The highest BCUT2D eigenvalue weighted by atomic mass is 16.6. The Morgan fingerprint density at radius 1 is 1.32 bits per heavy atom. The number of carbonyl (C=O) groups is 1. The van der Waals surface area contributed by atoms with Crippen LogP contribution in [0.1, 0.15) is 41.5 Å². The van der Waals surface area contributed by atoms with Gasteiger partial charge in [-0.05, 0) is 27.3 Å². The second-order valence-corrected chi connectivity index (χ2v) is 5.23. The minimum absolute atomic E-state index is 0.168. The third-order valence-corrected chi connectivity index (χ3v) is 2.38. The molecular weight excluding hydrogens is 244 g/mol. The highest BCUT2D eigenvalue weighted by Crippen LogP contribution is 2.16. The van der Waals surface area contributed by atoms with Crippen molar-refractivity contribution in [3.63, 3.8) is 0 Å². The summed E-state index contributed by atoms with van der Waals surface area (Å²) in [6.07, 6.45) is -0.0785. The molecule has 1 fully saturated rings. The van der Waals surface area contributed by atoms with Gasteiger partial charge in [0.15, 0.2) is 0 Å². The first kappa shape index (κ1) is 18.2. The zero-order valence-corrected chi connectivity index (χ0v) is 13.3. The smallest absolute Gasteiger partial charge is 0.410 e. The van der Waals surface area contributed by atoms with Gasteiger partial charge in [-0.1, -0.05) is 20.8 Å². The average molecular weight is 274 g/mol. The SMILES string of the molecule is CC.CCNCCOC1CN(C(=O)OC(C)(C)C)C1. The van der Waals surface area contributed by atoms with Crippen LogP contribution in [0.25, 0.3) is 0 Å².